The van der Waals surface area contributed by atoms with Crippen molar-refractivity contribution in [2.45, 2.75) is 26.3 Å². The lowest BCUT2D eigenvalue weighted by Gasteiger charge is -2.31. The minimum Gasteiger partial charge on any atom is -0.360 e. The van der Waals surface area contributed by atoms with Crippen molar-refractivity contribution < 1.29 is 9.32 Å². The Hall–Kier alpha value is -2.37. The summed E-state index contributed by atoms with van der Waals surface area (Å²) in [6, 6.07) is 5.31. The van der Waals surface area contributed by atoms with Gasteiger partial charge in [-0.1, -0.05) is 12.1 Å². The first-order chi connectivity index (χ1) is 10.7. The van der Waals surface area contributed by atoms with E-state index in [1.165, 1.54) is 12.8 Å². The van der Waals surface area contributed by atoms with Gasteiger partial charge in [0.25, 0.3) is 5.91 Å². The predicted molar refractivity (Wildman–Crippen MR) is 82.5 cm³/mol. The average Bonchev–Trinajstić information content (AvgIpc) is 3.06. The van der Waals surface area contributed by atoms with Gasteiger partial charge in [0.15, 0.2) is 5.76 Å². The number of carbonyl (C=O) groups excluding carboxylic acids is 1. The van der Waals surface area contributed by atoms with Gasteiger partial charge in [0.2, 0.25) is 0 Å². The number of hydrogen-bond acceptors (Lipinski definition) is 5. The summed E-state index contributed by atoms with van der Waals surface area (Å²) in [7, 11) is 0. The number of rotatable bonds is 4. The number of piperidine rings is 1. The highest BCUT2D eigenvalue weighted by molar-refractivity contribution is 5.94. The van der Waals surface area contributed by atoms with Gasteiger partial charge in [-0.25, -0.2) is 4.98 Å². The summed E-state index contributed by atoms with van der Waals surface area (Å²) in [6.07, 6.45) is 5.68. The lowest BCUT2D eigenvalue weighted by molar-refractivity contribution is 0.0947. The molecular formula is C16H20N4O2. The molecule has 3 heterocycles. The number of nitrogens with one attached hydrogen (secondary N) is 1. The van der Waals surface area contributed by atoms with Crippen LogP contribution in [0, 0.1) is 5.92 Å². The molecule has 0 aliphatic carbocycles. The molecule has 2 aromatic heterocycles. The van der Waals surface area contributed by atoms with Crippen molar-refractivity contribution in [3.05, 3.63) is 41.9 Å². The molecule has 0 radical (unpaired) electrons. The summed E-state index contributed by atoms with van der Waals surface area (Å²) < 4.78 is 4.97. The molecule has 0 spiro atoms. The number of pyridine rings is 1. The van der Waals surface area contributed by atoms with Crippen molar-refractivity contribution in [1.29, 1.82) is 0 Å². The molecule has 0 aromatic carbocycles. The van der Waals surface area contributed by atoms with E-state index < -0.39 is 0 Å². The van der Waals surface area contributed by atoms with Crippen LogP contribution < -0.4 is 10.2 Å². The molecule has 1 amide bonds. The first-order valence-corrected chi connectivity index (χ1v) is 7.61. The zero-order chi connectivity index (χ0) is 15.4. The Balaban J connectivity index is 1.66. The zero-order valence-electron chi connectivity index (χ0n) is 12.7. The molecule has 0 bridgehead atoms. The topological polar surface area (TPSA) is 71.3 Å². The molecule has 116 valence electrons. The van der Waals surface area contributed by atoms with E-state index in [4.69, 9.17) is 4.52 Å². The van der Waals surface area contributed by atoms with E-state index in [9.17, 15) is 4.79 Å². The molecule has 1 N–H and O–H groups in total. The molecule has 1 aliphatic rings. The molecular weight excluding hydrogens is 280 g/mol. The highest BCUT2D eigenvalue weighted by Crippen LogP contribution is 2.21. The molecule has 2 aromatic rings. The smallest absolute Gasteiger partial charge is 0.251 e. The van der Waals surface area contributed by atoms with Gasteiger partial charge in [0.05, 0.1) is 12.7 Å². The van der Waals surface area contributed by atoms with Crippen molar-refractivity contribution in [3.8, 4) is 0 Å². The van der Waals surface area contributed by atoms with Gasteiger partial charge in [-0.05, 0) is 30.9 Å². The van der Waals surface area contributed by atoms with Crippen molar-refractivity contribution >= 4 is 11.7 Å². The lowest BCUT2D eigenvalue weighted by Crippen LogP contribution is -2.35. The third kappa shape index (κ3) is 3.44. The summed E-state index contributed by atoms with van der Waals surface area (Å²) in [6.45, 7) is 4.58. The van der Waals surface area contributed by atoms with Crippen LogP contribution in [0.1, 0.15) is 35.9 Å². The molecule has 0 saturated carbocycles. The van der Waals surface area contributed by atoms with Crippen LogP contribution in [0.2, 0.25) is 0 Å². The van der Waals surface area contributed by atoms with Crippen LogP contribution >= 0.6 is 0 Å². The Morgan fingerprint density at radius 2 is 2.36 bits per heavy atom. The van der Waals surface area contributed by atoms with Gasteiger partial charge >= 0.3 is 0 Å². The Morgan fingerprint density at radius 3 is 3.14 bits per heavy atom. The number of nitrogens with zero attached hydrogens (tertiary/aromatic N) is 3. The molecule has 1 atom stereocenters. The Bertz CT molecular complexity index is 627. The summed E-state index contributed by atoms with van der Waals surface area (Å²) in [5.74, 6) is 2.04. The highest BCUT2D eigenvalue weighted by atomic mass is 16.5. The highest BCUT2D eigenvalue weighted by Gasteiger charge is 2.18. The second-order valence-corrected chi connectivity index (χ2v) is 5.76. The fourth-order valence-corrected chi connectivity index (χ4v) is 2.73. The third-order valence-corrected chi connectivity index (χ3v) is 3.90. The Labute approximate surface area is 129 Å². The van der Waals surface area contributed by atoms with Gasteiger partial charge in [-0.3, -0.25) is 4.79 Å². The van der Waals surface area contributed by atoms with Crippen molar-refractivity contribution in [1.82, 2.24) is 15.5 Å². The summed E-state index contributed by atoms with van der Waals surface area (Å²) in [4.78, 5) is 18.9. The van der Waals surface area contributed by atoms with Crippen LogP contribution in [-0.4, -0.2) is 29.1 Å². The van der Waals surface area contributed by atoms with E-state index in [1.807, 2.05) is 6.07 Å². The second kappa shape index (κ2) is 6.60. The quantitative estimate of drug-likeness (QED) is 0.937. The van der Waals surface area contributed by atoms with Crippen molar-refractivity contribution in [2.75, 3.05) is 18.0 Å². The van der Waals surface area contributed by atoms with Crippen LogP contribution in [0.5, 0.6) is 0 Å². The number of anilines is 1. The van der Waals surface area contributed by atoms with Crippen LogP contribution in [-0.2, 0) is 6.54 Å². The van der Waals surface area contributed by atoms with E-state index in [-0.39, 0.29) is 5.91 Å². The second-order valence-electron chi connectivity index (χ2n) is 5.76. The Kier molecular flexibility index (Phi) is 4.37. The van der Waals surface area contributed by atoms with E-state index in [0.29, 0.717) is 23.8 Å². The Morgan fingerprint density at radius 1 is 1.45 bits per heavy atom. The third-order valence-electron chi connectivity index (χ3n) is 3.90. The monoisotopic (exact) mass is 300 g/mol. The maximum Gasteiger partial charge on any atom is 0.251 e. The van der Waals surface area contributed by atoms with Crippen molar-refractivity contribution in [2.24, 2.45) is 5.92 Å². The standard InChI is InChI=1S/C16H20N4O2/c1-12-3-2-8-20(11-12)15-9-13(4-6-17-15)16(21)18-10-14-5-7-19-22-14/h4-7,9,12H,2-3,8,10-11H2,1H3,(H,18,21). The number of aromatic nitrogens is 2. The normalized spacial score (nSPS) is 18.2. The lowest BCUT2D eigenvalue weighted by atomic mass is 10.0. The minimum atomic E-state index is -0.134. The number of amides is 1. The molecule has 1 aliphatic heterocycles. The van der Waals surface area contributed by atoms with Gasteiger partial charge in [0, 0.05) is 30.9 Å². The first-order valence-electron chi connectivity index (χ1n) is 7.61. The van der Waals surface area contributed by atoms with Crippen molar-refractivity contribution in [3.63, 3.8) is 0 Å². The average molecular weight is 300 g/mol. The fraction of sp³-hybridized carbons (Fsp3) is 0.438. The number of hydrogen-bond donors (Lipinski definition) is 1. The first kappa shape index (κ1) is 14.6. The number of carbonyl (C=O) groups is 1. The SMILES string of the molecule is CC1CCCN(c2cc(C(=O)NCc3ccno3)ccn2)C1. The van der Waals surface area contributed by atoms with Gasteiger partial charge in [0.1, 0.15) is 5.82 Å². The summed E-state index contributed by atoms with van der Waals surface area (Å²) in [5.41, 5.74) is 0.614. The fourth-order valence-electron chi connectivity index (χ4n) is 2.73. The molecule has 1 fully saturated rings. The van der Waals surface area contributed by atoms with Crippen LogP contribution in [0.25, 0.3) is 0 Å². The van der Waals surface area contributed by atoms with Gasteiger partial charge < -0.3 is 14.7 Å². The minimum absolute atomic E-state index is 0.134. The van der Waals surface area contributed by atoms with E-state index in [2.05, 4.69) is 27.3 Å². The van der Waals surface area contributed by atoms with Crippen LogP contribution in [0.3, 0.4) is 0 Å². The molecule has 3 rings (SSSR count). The van der Waals surface area contributed by atoms with E-state index >= 15 is 0 Å². The molecule has 1 unspecified atom stereocenters. The van der Waals surface area contributed by atoms with Gasteiger partial charge in [-0.15, -0.1) is 0 Å². The van der Waals surface area contributed by atoms with E-state index in [0.717, 1.165) is 18.9 Å². The van der Waals surface area contributed by atoms with E-state index in [1.54, 1.807) is 24.5 Å². The van der Waals surface area contributed by atoms with Crippen LogP contribution in [0.15, 0.2) is 35.1 Å². The maximum atomic E-state index is 12.2. The summed E-state index contributed by atoms with van der Waals surface area (Å²) >= 11 is 0. The van der Waals surface area contributed by atoms with Gasteiger partial charge in [-0.2, -0.15) is 0 Å². The largest absolute Gasteiger partial charge is 0.360 e. The molecule has 1 saturated heterocycles. The molecule has 6 nitrogen and oxygen atoms in total. The van der Waals surface area contributed by atoms with Crippen LogP contribution in [0.4, 0.5) is 5.82 Å². The summed E-state index contributed by atoms with van der Waals surface area (Å²) in [5, 5.41) is 6.43. The maximum absolute atomic E-state index is 12.2. The molecule has 6 heteroatoms. The zero-order valence-corrected chi connectivity index (χ0v) is 12.7. The predicted octanol–water partition coefficient (Wildman–Crippen LogP) is 2.24. The molecule has 22 heavy (non-hydrogen) atoms.